The van der Waals surface area contributed by atoms with Gasteiger partial charge in [0.25, 0.3) is 0 Å². The van der Waals surface area contributed by atoms with Gasteiger partial charge in [-0.15, -0.1) is 0 Å². The zero-order valence-electron chi connectivity index (χ0n) is 20.8. The van der Waals surface area contributed by atoms with Crippen molar-refractivity contribution in [2.24, 2.45) is 0 Å². The van der Waals surface area contributed by atoms with Gasteiger partial charge < -0.3 is 20.3 Å². The first-order valence-electron chi connectivity index (χ1n) is 12.2. The summed E-state index contributed by atoms with van der Waals surface area (Å²) in [5, 5.41) is 13.1. The Morgan fingerprint density at radius 3 is 2.60 bits per heavy atom. The monoisotopic (exact) mass is 499 g/mol. The van der Waals surface area contributed by atoms with E-state index in [0.29, 0.717) is 36.3 Å². The number of ether oxygens (including phenoxy) is 1. The minimum Gasteiger partial charge on any atom is -0.465 e. The maximum Gasteiger partial charge on any atom is 0.327 e. The van der Waals surface area contributed by atoms with Crippen LogP contribution in [-0.2, 0) is 22.6 Å². The van der Waals surface area contributed by atoms with E-state index in [0.717, 1.165) is 53.7 Å². The van der Waals surface area contributed by atoms with Crippen LogP contribution in [0.5, 0.6) is 0 Å². The molecule has 188 valence electrons. The third-order valence-corrected chi connectivity index (χ3v) is 6.83. The molecule has 9 nitrogen and oxygen atoms in total. The number of para-hydroxylation sites is 1. The number of hydrogen-bond acceptors (Lipinski definition) is 8. The largest absolute Gasteiger partial charge is 0.465 e. The zero-order valence-corrected chi connectivity index (χ0v) is 21.6. The van der Waals surface area contributed by atoms with Crippen LogP contribution < -0.4 is 15.5 Å². The molecule has 1 saturated carbocycles. The minimum absolute atomic E-state index is 0.0245. The highest BCUT2D eigenvalue weighted by Gasteiger charge is 2.23. The number of benzene rings is 1. The summed E-state index contributed by atoms with van der Waals surface area (Å²) in [4.78, 5) is 23.3. The molecule has 2 N–H and O–H groups in total. The van der Waals surface area contributed by atoms with Crippen molar-refractivity contribution in [1.29, 1.82) is 0 Å². The van der Waals surface area contributed by atoms with Crippen LogP contribution in [0.3, 0.4) is 0 Å². The van der Waals surface area contributed by atoms with Gasteiger partial charge in [0.2, 0.25) is 5.95 Å². The summed E-state index contributed by atoms with van der Waals surface area (Å²) >= 11 is 6.51. The van der Waals surface area contributed by atoms with Crippen molar-refractivity contribution in [2.75, 3.05) is 30.9 Å². The van der Waals surface area contributed by atoms with Crippen molar-refractivity contribution < 1.29 is 9.53 Å². The highest BCUT2D eigenvalue weighted by molar-refractivity contribution is 6.30. The zero-order chi connectivity index (χ0) is 24.9. The minimum atomic E-state index is -0.338. The molecule has 0 spiro atoms. The number of aromatic nitrogens is 4. The second kappa shape index (κ2) is 11.2. The second-order valence-corrected chi connectivity index (χ2v) is 9.53. The second-order valence-electron chi connectivity index (χ2n) is 9.17. The summed E-state index contributed by atoms with van der Waals surface area (Å²) in [7, 11) is 4.01. The molecule has 0 atom stereocenters. The first-order valence-corrected chi connectivity index (χ1v) is 12.5. The fourth-order valence-electron chi connectivity index (χ4n) is 4.56. The lowest BCUT2D eigenvalue weighted by Crippen LogP contribution is -2.37. The molecule has 0 saturated heterocycles. The van der Waals surface area contributed by atoms with E-state index >= 15 is 0 Å². The topological polar surface area (TPSA) is 97.2 Å². The molecule has 1 aromatic carbocycles. The number of rotatable bonds is 9. The van der Waals surface area contributed by atoms with Crippen molar-refractivity contribution in [2.45, 2.75) is 64.7 Å². The van der Waals surface area contributed by atoms with E-state index in [1.807, 2.05) is 44.1 Å². The lowest BCUT2D eigenvalue weighted by atomic mass is 9.91. The number of fused-ring (bicyclic) bond motifs is 1. The van der Waals surface area contributed by atoms with E-state index in [2.05, 4.69) is 21.8 Å². The van der Waals surface area contributed by atoms with Crippen molar-refractivity contribution in [3.8, 4) is 0 Å². The van der Waals surface area contributed by atoms with Crippen molar-refractivity contribution >= 4 is 40.2 Å². The van der Waals surface area contributed by atoms with Crippen molar-refractivity contribution in [3.63, 3.8) is 0 Å². The molecule has 10 heteroatoms. The van der Waals surface area contributed by atoms with Gasteiger partial charge >= 0.3 is 5.97 Å². The van der Waals surface area contributed by atoms with Gasteiger partial charge in [-0.1, -0.05) is 23.7 Å². The van der Waals surface area contributed by atoms with Crippen LogP contribution >= 0.6 is 11.6 Å². The van der Waals surface area contributed by atoms with E-state index < -0.39 is 0 Å². The predicted octanol–water partition coefficient (Wildman–Crippen LogP) is 3.93. The number of hydrogen-bond donors (Lipinski definition) is 2. The molecule has 0 aliphatic heterocycles. The molecule has 4 rings (SSSR count). The number of esters is 1. The van der Waals surface area contributed by atoms with Crippen LogP contribution in [0.15, 0.2) is 24.3 Å². The Labute approximate surface area is 211 Å². The Morgan fingerprint density at radius 2 is 1.89 bits per heavy atom. The van der Waals surface area contributed by atoms with E-state index in [4.69, 9.17) is 26.3 Å². The number of halogens is 1. The van der Waals surface area contributed by atoms with Crippen LogP contribution in [0.2, 0.25) is 5.15 Å². The fraction of sp³-hybridized carbons (Fsp3) is 0.520. The molecule has 2 heterocycles. The molecule has 1 fully saturated rings. The van der Waals surface area contributed by atoms with Crippen molar-refractivity contribution in [1.82, 2.24) is 25.1 Å². The molecule has 3 aromatic rings. The lowest BCUT2D eigenvalue weighted by Gasteiger charge is -2.30. The molecule has 0 amide bonds. The summed E-state index contributed by atoms with van der Waals surface area (Å²) in [6.07, 6.45) is 4.14. The highest BCUT2D eigenvalue weighted by Crippen LogP contribution is 2.27. The van der Waals surface area contributed by atoms with Gasteiger partial charge in [-0.2, -0.15) is 10.1 Å². The van der Waals surface area contributed by atoms with E-state index in [1.165, 1.54) is 4.68 Å². The van der Waals surface area contributed by atoms with Gasteiger partial charge in [-0.25, -0.2) is 9.67 Å². The molecule has 1 aliphatic carbocycles. The van der Waals surface area contributed by atoms with Crippen LogP contribution in [0.1, 0.15) is 43.9 Å². The smallest absolute Gasteiger partial charge is 0.327 e. The third-order valence-electron chi connectivity index (χ3n) is 6.40. The third kappa shape index (κ3) is 6.02. The van der Waals surface area contributed by atoms with E-state index in [9.17, 15) is 4.79 Å². The fourth-order valence-corrected chi connectivity index (χ4v) is 4.86. The summed E-state index contributed by atoms with van der Waals surface area (Å²) in [5.41, 5.74) is 2.70. The Hall–Kier alpha value is -2.91. The normalized spacial score (nSPS) is 18.0. The van der Waals surface area contributed by atoms with Crippen LogP contribution in [0.4, 0.5) is 11.8 Å². The Bertz CT molecular complexity index is 1170. The molecule has 0 unspecified atom stereocenters. The molecule has 35 heavy (non-hydrogen) atoms. The number of carbonyl (C=O) groups excluding carboxylic acids is 1. The molecule has 0 radical (unpaired) electrons. The summed E-state index contributed by atoms with van der Waals surface area (Å²) < 4.78 is 6.52. The molecular weight excluding hydrogens is 466 g/mol. The molecular formula is C25H34ClN7O2. The number of nitrogens with zero attached hydrogens (tertiary/aromatic N) is 5. The molecule has 1 aliphatic rings. The summed E-state index contributed by atoms with van der Waals surface area (Å²) in [5.74, 6) is 1.26. The van der Waals surface area contributed by atoms with Gasteiger partial charge in [0.15, 0.2) is 0 Å². The number of carbonyl (C=O) groups is 1. The van der Waals surface area contributed by atoms with Gasteiger partial charge in [0.1, 0.15) is 17.5 Å². The summed E-state index contributed by atoms with van der Waals surface area (Å²) in [6, 6.07) is 8.83. The number of aryl methyl sites for hydroxylation is 1. The molecule has 0 bridgehead atoms. The van der Waals surface area contributed by atoms with Gasteiger partial charge in [0, 0.05) is 43.7 Å². The first-order chi connectivity index (χ1) is 16.9. The Balaban J connectivity index is 1.32. The van der Waals surface area contributed by atoms with Crippen LogP contribution in [-0.4, -0.2) is 58.5 Å². The maximum atomic E-state index is 11.8. The number of nitrogens with one attached hydrogen (secondary N) is 2. The highest BCUT2D eigenvalue weighted by atomic mass is 35.5. The number of anilines is 2. The van der Waals surface area contributed by atoms with Gasteiger partial charge in [-0.3, -0.25) is 4.79 Å². The average molecular weight is 500 g/mol. The quantitative estimate of drug-likeness (QED) is 0.427. The van der Waals surface area contributed by atoms with E-state index in [-0.39, 0.29) is 12.5 Å². The van der Waals surface area contributed by atoms with Crippen LogP contribution in [0, 0.1) is 6.92 Å². The van der Waals surface area contributed by atoms with E-state index in [1.54, 1.807) is 6.92 Å². The maximum absolute atomic E-state index is 11.8. The average Bonchev–Trinajstić information content (AvgIpc) is 3.10. The SMILES string of the molecule is CCOC(=O)Cn1nc(C)c(CN[C@H]2CC[C@@H](Nc3nc(N(C)C)c4ccccc4n3)CC2)c1Cl. The molecule has 2 aromatic heterocycles. The summed E-state index contributed by atoms with van der Waals surface area (Å²) in [6.45, 7) is 4.68. The van der Waals surface area contributed by atoms with Gasteiger partial charge in [-0.05, 0) is 51.7 Å². The van der Waals surface area contributed by atoms with Crippen LogP contribution in [0.25, 0.3) is 10.9 Å². The lowest BCUT2D eigenvalue weighted by molar-refractivity contribution is -0.144. The first kappa shape index (κ1) is 25.2. The van der Waals surface area contributed by atoms with Gasteiger partial charge in [0.05, 0.1) is 17.8 Å². The predicted molar refractivity (Wildman–Crippen MR) is 139 cm³/mol. The Morgan fingerprint density at radius 1 is 1.17 bits per heavy atom. The van der Waals surface area contributed by atoms with Crippen molar-refractivity contribution in [3.05, 3.63) is 40.7 Å². The Kier molecular flexibility index (Phi) is 8.07. The standard InChI is InChI=1S/C25H34ClN7O2/c1-5-35-22(34)15-33-23(26)20(16(2)31-33)14-27-17-10-12-18(13-11-17)28-25-29-21-9-7-6-8-19(21)24(30-25)32(3)4/h6-9,17-18,27H,5,10-15H2,1-4H3,(H,28,29,30)/t17-,18+.